The minimum atomic E-state index is -0.989. The summed E-state index contributed by atoms with van der Waals surface area (Å²) in [6, 6.07) is 14.5. The molecule has 3 atom stereocenters. The van der Waals surface area contributed by atoms with Gasteiger partial charge in [-0.25, -0.2) is 4.79 Å². The molecule has 0 spiro atoms. The summed E-state index contributed by atoms with van der Waals surface area (Å²) in [6.45, 7) is 3.38. The van der Waals surface area contributed by atoms with Crippen molar-refractivity contribution < 1.29 is 24.0 Å². The van der Waals surface area contributed by atoms with Crippen LogP contribution < -0.4 is 0 Å². The third-order valence-corrected chi connectivity index (χ3v) is 6.14. The summed E-state index contributed by atoms with van der Waals surface area (Å²) in [4.78, 5) is 44.7. The van der Waals surface area contributed by atoms with Crippen LogP contribution in [0, 0.1) is 16.0 Å². The number of nitro benzene ring substituents is 1. The maximum Gasteiger partial charge on any atom is 0.336 e. The average molecular weight is 506 g/mol. The molecule has 192 valence electrons. The molecule has 3 rings (SSSR count). The number of carbonyl (C=O) groups excluding carboxylic acids is 2. The molecule has 2 aromatic rings. The van der Waals surface area contributed by atoms with E-state index in [0.29, 0.717) is 23.4 Å². The first kappa shape index (κ1) is 27.1. The first-order valence-corrected chi connectivity index (χ1v) is 11.7. The molecule has 0 bridgehead atoms. The number of aliphatic imine (C=N–C) groups is 1. The Morgan fingerprint density at radius 3 is 2.57 bits per heavy atom. The summed E-state index contributed by atoms with van der Waals surface area (Å²) in [5.41, 5.74) is 11.0. The van der Waals surface area contributed by atoms with Gasteiger partial charge in [-0.15, -0.1) is 0 Å². The van der Waals surface area contributed by atoms with Crippen molar-refractivity contribution in [3.8, 4) is 0 Å². The minimum Gasteiger partial charge on any atom is -0.468 e. The lowest BCUT2D eigenvalue weighted by Crippen LogP contribution is -2.36. The number of hydrogen-bond donors (Lipinski definition) is 0. The molecule has 0 saturated carbocycles. The highest BCUT2D eigenvalue weighted by molar-refractivity contribution is 6.07. The van der Waals surface area contributed by atoms with Crippen LogP contribution in [-0.4, -0.2) is 36.3 Å². The SMILES string of the molecule is CCOC(=O)C1=C(CCC(N=[N+]=[N-])c2ccccc2)N=C(C)C(C(=O)OC)C1c1cccc([N+](=O)[O-])c1. The number of benzene rings is 2. The Kier molecular flexibility index (Phi) is 9.12. The zero-order chi connectivity index (χ0) is 26.9. The van der Waals surface area contributed by atoms with E-state index in [2.05, 4.69) is 15.0 Å². The van der Waals surface area contributed by atoms with Gasteiger partial charge in [-0.3, -0.25) is 19.9 Å². The molecule has 11 nitrogen and oxygen atoms in total. The second-order valence-corrected chi connectivity index (χ2v) is 8.33. The molecule has 1 aliphatic rings. The summed E-state index contributed by atoms with van der Waals surface area (Å²) < 4.78 is 10.4. The van der Waals surface area contributed by atoms with E-state index in [1.54, 1.807) is 19.9 Å². The van der Waals surface area contributed by atoms with Crippen LogP contribution in [0.3, 0.4) is 0 Å². The molecular formula is C26H27N5O6. The molecule has 0 amide bonds. The Balaban J connectivity index is 2.16. The van der Waals surface area contributed by atoms with Crippen LogP contribution in [0.1, 0.15) is 49.8 Å². The van der Waals surface area contributed by atoms with Crippen molar-refractivity contribution in [1.29, 1.82) is 0 Å². The van der Waals surface area contributed by atoms with Gasteiger partial charge in [0.25, 0.3) is 5.69 Å². The van der Waals surface area contributed by atoms with Crippen molar-refractivity contribution in [2.45, 2.75) is 38.6 Å². The largest absolute Gasteiger partial charge is 0.468 e. The van der Waals surface area contributed by atoms with Gasteiger partial charge in [0.15, 0.2) is 0 Å². The number of rotatable bonds is 10. The lowest BCUT2D eigenvalue weighted by molar-refractivity contribution is -0.384. The third-order valence-electron chi connectivity index (χ3n) is 6.14. The van der Waals surface area contributed by atoms with E-state index in [4.69, 9.17) is 15.0 Å². The highest BCUT2D eigenvalue weighted by Crippen LogP contribution is 2.42. The number of esters is 2. The molecule has 0 fully saturated rings. The number of nitrogens with zero attached hydrogens (tertiary/aromatic N) is 5. The van der Waals surface area contributed by atoms with Gasteiger partial charge in [0.2, 0.25) is 0 Å². The number of carbonyl (C=O) groups is 2. The van der Waals surface area contributed by atoms with Gasteiger partial charge < -0.3 is 9.47 Å². The average Bonchev–Trinajstić information content (AvgIpc) is 2.90. The van der Waals surface area contributed by atoms with Gasteiger partial charge >= 0.3 is 11.9 Å². The van der Waals surface area contributed by atoms with Crippen LogP contribution in [-0.2, 0) is 19.1 Å². The first-order valence-electron chi connectivity index (χ1n) is 11.7. The molecule has 0 saturated heterocycles. The maximum atomic E-state index is 13.3. The van der Waals surface area contributed by atoms with E-state index in [-0.39, 0.29) is 24.3 Å². The molecule has 0 radical (unpaired) electrons. The van der Waals surface area contributed by atoms with E-state index >= 15 is 0 Å². The van der Waals surface area contributed by atoms with E-state index in [0.717, 1.165) is 5.56 Å². The monoisotopic (exact) mass is 505 g/mol. The topological polar surface area (TPSA) is 157 Å². The molecule has 11 heteroatoms. The highest BCUT2D eigenvalue weighted by atomic mass is 16.6. The Bertz CT molecular complexity index is 1280. The van der Waals surface area contributed by atoms with Crippen LogP contribution >= 0.6 is 0 Å². The van der Waals surface area contributed by atoms with Crippen molar-refractivity contribution in [3.05, 3.63) is 97.6 Å². The molecular weight excluding hydrogens is 478 g/mol. The van der Waals surface area contributed by atoms with E-state index < -0.39 is 34.7 Å². The fraction of sp³-hybridized carbons (Fsp3) is 0.346. The van der Waals surface area contributed by atoms with Gasteiger partial charge in [-0.2, -0.15) is 0 Å². The summed E-state index contributed by atoms with van der Waals surface area (Å²) in [5.74, 6) is -3.22. The summed E-state index contributed by atoms with van der Waals surface area (Å²) in [6.07, 6.45) is 0.553. The van der Waals surface area contributed by atoms with Crippen molar-refractivity contribution in [2.24, 2.45) is 16.0 Å². The summed E-state index contributed by atoms with van der Waals surface area (Å²) in [7, 11) is 1.23. The third kappa shape index (κ3) is 6.20. The predicted molar refractivity (Wildman–Crippen MR) is 136 cm³/mol. The Labute approximate surface area is 213 Å². The molecule has 37 heavy (non-hydrogen) atoms. The van der Waals surface area contributed by atoms with Gasteiger partial charge in [0, 0.05) is 28.7 Å². The minimum absolute atomic E-state index is 0.0776. The lowest BCUT2D eigenvalue weighted by Gasteiger charge is -2.32. The predicted octanol–water partition coefficient (Wildman–Crippen LogP) is 5.59. The van der Waals surface area contributed by atoms with Crippen LogP contribution in [0.4, 0.5) is 5.69 Å². The first-order chi connectivity index (χ1) is 17.8. The second kappa shape index (κ2) is 12.5. The fourth-order valence-electron chi connectivity index (χ4n) is 4.50. The molecule has 3 unspecified atom stereocenters. The summed E-state index contributed by atoms with van der Waals surface area (Å²) in [5, 5.41) is 15.4. The number of ether oxygens (including phenoxy) is 2. The highest BCUT2D eigenvalue weighted by Gasteiger charge is 2.43. The smallest absolute Gasteiger partial charge is 0.336 e. The van der Waals surface area contributed by atoms with Gasteiger partial charge in [0.1, 0.15) is 5.92 Å². The molecule has 0 aromatic heterocycles. The standard InChI is InChI=1S/C26H27N5O6/c1-4-37-26(33)24-21(14-13-20(29-30-27)17-9-6-5-7-10-17)28-16(2)22(25(32)36-3)23(24)18-11-8-12-19(15-18)31(34)35/h5-12,15,20,22-23H,4,13-14H2,1-3H3. The quantitative estimate of drug-likeness (QED) is 0.102. The Hall–Kier alpha value is -4.50. The molecule has 2 aromatic carbocycles. The number of nitro groups is 1. The normalized spacial score (nSPS) is 17.8. The second-order valence-electron chi connectivity index (χ2n) is 8.33. The zero-order valence-corrected chi connectivity index (χ0v) is 20.7. The van der Waals surface area contributed by atoms with Crippen LogP contribution in [0.15, 0.2) is 76.0 Å². The zero-order valence-electron chi connectivity index (χ0n) is 20.7. The van der Waals surface area contributed by atoms with Crippen molar-refractivity contribution >= 4 is 23.3 Å². The van der Waals surface area contributed by atoms with Crippen LogP contribution in [0.25, 0.3) is 10.4 Å². The van der Waals surface area contributed by atoms with E-state index in [9.17, 15) is 19.7 Å². The van der Waals surface area contributed by atoms with Crippen molar-refractivity contribution in [1.82, 2.24) is 0 Å². The number of azide groups is 1. The number of allylic oxidation sites excluding steroid dienone is 1. The fourth-order valence-corrected chi connectivity index (χ4v) is 4.50. The number of non-ortho nitro benzene ring substituents is 1. The van der Waals surface area contributed by atoms with Gasteiger partial charge in [0.05, 0.1) is 36.0 Å². The van der Waals surface area contributed by atoms with Crippen LogP contribution in [0.2, 0.25) is 0 Å². The van der Waals surface area contributed by atoms with Gasteiger partial charge in [-0.05, 0) is 43.3 Å². The molecule has 0 aliphatic carbocycles. The summed E-state index contributed by atoms with van der Waals surface area (Å²) >= 11 is 0. The van der Waals surface area contributed by atoms with Crippen LogP contribution in [0.5, 0.6) is 0 Å². The number of hydrogen-bond acceptors (Lipinski definition) is 8. The molecule has 0 N–H and O–H groups in total. The Morgan fingerprint density at radius 1 is 1.22 bits per heavy atom. The van der Waals surface area contributed by atoms with Gasteiger partial charge in [-0.1, -0.05) is 47.6 Å². The lowest BCUT2D eigenvalue weighted by atomic mass is 9.75. The van der Waals surface area contributed by atoms with E-state index in [1.165, 1.54) is 25.3 Å². The van der Waals surface area contributed by atoms with E-state index in [1.807, 2.05) is 30.3 Å². The Morgan fingerprint density at radius 2 is 1.95 bits per heavy atom. The van der Waals surface area contributed by atoms with Crippen molar-refractivity contribution in [3.63, 3.8) is 0 Å². The maximum absolute atomic E-state index is 13.3. The molecule has 1 aliphatic heterocycles. The molecule has 1 heterocycles. The number of methoxy groups -OCH3 is 1. The van der Waals surface area contributed by atoms with Crippen molar-refractivity contribution in [2.75, 3.05) is 13.7 Å².